The second-order valence-electron chi connectivity index (χ2n) is 4.86. The van der Waals surface area contributed by atoms with Crippen molar-refractivity contribution in [2.75, 3.05) is 13.2 Å². The molecule has 2 atom stereocenters. The summed E-state index contributed by atoms with van der Waals surface area (Å²) in [5.41, 5.74) is 1.47. The Balaban J connectivity index is 1.79. The predicted molar refractivity (Wildman–Crippen MR) is 60.7 cm³/mol. The fourth-order valence-electron chi connectivity index (χ4n) is 2.59. The zero-order valence-electron chi connectivity index (χ0n) is 9.45. The molecule has 1 aliphatic heterocycles. The Morgan fingerprint density at radius 3 is 3.00 bits per heavy atom. The maximum absolute atomic E-state index is 10.1. The van der Waals surface area contributed by atoms with Crippen LogP contribution in [0.25, 0.3) is 0 Å². The molecule has 1 N–H and O–H groups in total. The van der Waals surface area contributed by atoms with Gasteiger partial charge in [0.1, 0.15) is 0 Å². The van der Waals surface area contributed by atoms with E-state index in [2.05, 4.69) is 6.08 Å². The van der Waals surface area contributed by atoms with Gasteiger partial charge in [0.05, 0.1) is 12.7 Å². The third-order valence-corrected chi connectivity index (χ3v) is 3.60. The van der Waals surface area contributed by atoms with Gasteiger partial charge in [-0.2, -0.15) is 0 Å². The maximum atomic E-state index is 10.1. The molecular weight excluding hydrogens is 188 g/mol. The van der Waals surface area contributed by atoms with Crippen LogP contribution in [0.2, 0.25) is 0 Å². The first-order valence-corrected chi connectivity index (χ1v) is 6.30. The van der Waals surface area contributed by atoms with Crippen LogP contribution in [0.1, 0.15) is 44.9 Å². The first-order valence-electron chi connectivity index (χ1n) is 6.30. The van der Waals surface area contributed by atoms with Crippen LogP contribution < -0.4 is 0 Å². The molecule has 1 aliphatic carbocycles. The molecule has 2 nitrogen and oxygen atoms in total. The topological polar surface area (TPSA) is 29.5 Å². The number of hydrogen-bond donors (Lipinski definition) is 1. The van der Waals surface area contributed by atoms with Crippen molar-refractivity contribution in [1.82, 2.24) is 0 Å². The van der Waals surface area contributed by atoms with Crippen LogP contribution in [0.15, 0.2) is 11.6 Å². The number of allylic oxidation sites excluding steroid dienone is 1. The summed E-state index contributed by atoms with van der Waals surface area (Å²) < 4.78 is 5.41. The number of hydrogen-bond acceptors (Lipinski definition) is 2. The van der Waals surface area contributed by atoms with Crippen LogP contribution in [-0.4, -0.2) is 24.4 Å². The number of aliphatic hydroxyl groups is 1. The van der Waals surface area contributed by atoms with Crippen molar-refractivity contribution in [3.8, 4) is 0 Å². The van der Waals surface area contributed by atoms with Gasteiger partial charge >= 0.3 is 0 Å². The van der Waals surface area contributed by atoms with E-state index in [1.807, 2.05) is 0 Å². The number of rotatable bonds is 3. The van der Waals surface area contributed by atoms with Crippen LogP contribution in [0.4, 0.5) is 0 Å². The van der Waals surface area contributed by atoms with Gasteiger partial charge in [-0.15, -0.1) is 0 Å². The molecule has 15 heavy (non-hydrogen) atoms. The zero-order valence-corrected chi connectivity index (χ0v) is 9.45. The van der Waals surface area contributed by atoms with E-state index >= 15 is 0 Å². The number of ether oxygens (including phenoxy) is 1. The van der Waals surface area contributed by atoms with Crippen molar-refractivity contribution in [2.45, 2.75) is 51.0 Å². The average molecular weight is 210 g/mol. The average Bonchev–Trinajstić information content (AvgIpc) is 2.31. The Morgan fingerprint density at radius 1 is 1.40 bits per heavy atom. The molecule has 0 aromatic carbocycles. The number of aliphatic hydroxyl groups excluding tert-OH is 1. The quantitative estimate of drug-likeness (QED) is 0.726. The van der Waals surface area contributed by atoms with Gasteiger partial charge in [-0.05, 0) is 44.9 Å². The molecular formula is C13H22O2. The molecule has 2 rings (SSSR count). The van der Waals surface area contributed by atoms with Gasteiger partial charge in [-0.1, -0.05) is 11.6 Å². The van der Waals surface area contributed by atoms with Crippen LogP contribution in [-0.2, 0) is 4.74 Å². The molecule has 1 saturated heterocycles. The largest absolute Gasteiger partial charge is 0.392 e. The fraction of sp³-hybridized carbons (Fsp3) is 0.846. The lowest BCUT2D eigenvalue weighted by molar-refractivity contribution is -0.00879. The highest BCUT2D eigenvalue weighted by Crippen LogP contribution is 2.26. The van der Waals surface area contributed by atoms with Gasteiger partial charge < -0.3 is 9.84 Å². The Hall–Kier alpha value is -0.340. The smallest absolute Gasteiger partial charge is 0.0627 e. The lowest BCUT2D eigenvalue weighted by atomic mass is 9.88. The van der Waals surface area contributed by atoms with Crippen molar-refractivity contribution in [2.24, 2.45) is 5.92 Å². The molecule has 0 aromatic rings. The van der Waals surface area contributed by atoms with Crippen molar-refractivity contribution in [3.63, 3.8) is 0 Å². The minimum absolute atomic E-state index is 0.172. The van der Waals surface area contributed by atoms with Crippen molar-refractivity contribution >= 4 is 0 Å². The van der Waals surface area contributed by atoms with E-state index in [9.17, 15) is 5.11 Å². The summed E-state index contributed by atoms with van der Waals surface area (Å²) in [7, 11) is 0. The van der Waals surface area contributed by atoms with Crippen LogP contribution in [0.3, 0.4) is 0 Å². The van der Waals surface area contributed by atoms with E-state index in [1.54, 1.807) is 0 Å². The molecule has 0 radical (unpaired) electrons. The highest BCUT2D eigenvalue weighted by molar-refractivity contribution is 5.06. The van der Waals surface area contributed by atoms with E-state index in [1.165, 1.54) is 31.3 Å². The van der Waals surface area contributed by atoms with Gasteiger partial charge in [0.25, 0.3) is 0 Å². The van der Waals surface area contributed by atoms with E-state index in [0.29, 0.717) is 5.92 Å². The molecule has 1 heterocycles. The van der Waals surface area contributed by atoms with Crippen LogP contribution in [0.5, 0.6) is 0 Å². The highest BCUT2D eigenvalue weighted by atomic mass is 16.5. The first-order chi connectivity index (χ1) is 7.36. The highest BCUT2D eigenvalue weighted by Gasteiger charge is 2.23. The maximum Gasteiger partial charge on any atom is 0.0627 e. The lowest BCUT2D eigenvalue weighted by Gasteiger charge is -2.28. The molecule has 86 valence electrons. The van der Waals surface area contributed by atoms with E-state index < -0.39 is 0 Å². The lowest BCUT2D eigenvalue weighted by Crippen LogP contribution is -2.29. The van der Waals surface area contributed by atoms with E-state index in [4.69, 9.17) is 4.74 Å². The predicted octanol–water partition coefficient (Wildman–Crippen LogP) is 2.66. The summed E-state index contributed by atoms with van der Waals surface area (Å²) in [4.78, 5) is 0. The van der Waals surface area contributed by atoms with Gasteiger partial charge in [-0.3, -0.25) is 0 Å². The molecule has 2 aliphatic rings. The van der Waals surface area contributed by atoms with Crippen molar-refractivity contribution in [1.29, 1.82) is 0 Å². The van der Waals surface area contributed by atoms with Crippen LogP contribution >= 0.6 is 0 Å². The van der Waals surface area contributed by atoms with Gasteiger partial charge in [0.15, 0.2) is 0 Å². The van der Waals surface area contributed by atoms with Crippen LogP contribution in [0, 0.1) is 5.92 Å². The summed E-state index contributed by atoms with van der Waals surface area (Å²) in [5, 5.41) is 10.1. The summed E-state index contributed by atoms with van der Waals surface area (Å²) >= 11 is 0. The van der Waals surface area contributed by atoms with Gasteiger partial charge in [0.2, 0.25) is 0 Å². The Kier molecular flexibility index (Phi) is 4.21. The molecule has 1 fully saturated rings. The fourth-order valence-corrected chi connectivity index (χ4v) is 2.59. The molecule has 0 bridgehead atoms. The Bertz CT molecular complexity index is 217. The molecule has 0 saturated carbocycles. The monoisotopic (exact) mass is 210 g/mol. The summed E-state index contributed by atoms with van der Waals surface area (Å²) in [6.07, 6.45) is 10.3. The second-order valence-corrected chi connectivity index (χ2v) is 4.86. The third kappa shape index (κ3) is 3.32. The molecule has 2 heteroatoms. The normalized spacial score (nSPS) is 29.7. The Labute approximate surface area is 92.3 Å². The molecule has 0 aromatic heterocycles. The Morgan fingerprint density at radius 2 is 2.33 bits per heavy atom. The van der Waals surface area contributed by atoms with E-state index in [-0.39, 0.29) is 6.10 Å². The minimum Gasteiger partial charge on any atom is -0.392 e. The molecule has 2 unspecified atom stereocenters. The summed E-state index contributed by atoms with van der Waals surface area (Å²) in [6.45, 7) is 1.64. The standard InChI is InChI=1S/C13H22O2/c14-13(12-7-4-8-15-10-12)9-11-5-2-1-3-6-11/h5,12-14H,1-4,6-10H2. The third-order valence-electron chi connectivity index (χ3n) is 3.60. The first kappa shape index (κ1) is 11.2. The van der Waals surface area contributed by atoms with Gasteiger partial charge in [0, 0.05) is 12.5 Å². The molecule has 0 spiro atoms. The summed E-state index contributed by atoms with van der Waals surface area (Å²) in [6, 6.07) is 0. The zero-order chi connectivity index (χ0) is 10.5. The SMILES string of the molecule is OC(CC1=CCCCC1)C1CCCOC1. The van der Waals surface area contributed by atoms with E-state index in [0.717, 1.165) is 32.5 Å². The van der Waals surface area contributed by atoms with Crippen molar-refractivity contribution < 1.29 is 9.84 Å². The van der Waals surface area contributed by atoms with Crippen molar-refractivity contribution in [3.05, 3.63) is 11.6 Å². The van der Waals surface area contributed by atoms with Gasteiger partial charge in [-0.25, -0.2) is 0 Å². The molecule has 0 amide bonds. The summed E-state index contributed by atoms with van der Waals surface area (Å²) in [5.74, 6) is 0.376. The minimum atomic E-state index is -0.172. The second kappa shape index (κ2) is 5.66.